The number of non-ortho nitro benzene ring substituents is 1. The Bertz CT molecular complexity index is 751. The first-order valence-corrected chi connectivity index (χ1v) is 9.26. The number of nitrogens with zero attached hydrogens (tertiary/aromatic N) is 1. The van der Waals surface area contributed by atoms with Gasteiger partial charge in [0.15, 0.2) is 0 Å². The van der Waals surface area contributed by atoms with E-state index in [1.54, 1.807) is 6.07 Å². The first kappa shape index (κ1) is 22.1. The van der Waals surface area contributed by atoms with Crippen LogP contribution in [0.3, 0.4) is 0 Å². The van der Waals surface area contributed by atoms with Crippen LogP contribution in [0.4, 0.5) is 11.4 Å². The zero-order valence-electron chi connectivity index (χ0n) is 16.1. The summed E-state index contributed by atoms with van der Waals surface area (Å²) in [6.07, 6.45) is 5.10. The molecule has 0 unspecified atom stereocenters. The summed E-state index contributed by atoms with van der Waals surface area (Å²) in [7, 11) is 0. The number of carbonyl (C=O) groups is 1. The highest BCUT2D eigenvalue weighted by molar-refractivity contribution is 5.75. The normalized spacial score (nSPS) is 9.41. The molecule has 27 heavy (non-hydrogen) atoms. The molecule has 1 amide bonds. The first-order chi connectivity index (χ1) is 13.0. The number of carbonyl (C=O) groups excluding carboxylic acids is 1. The lowest BCUT2D eigenvalue weighted by Gasteiger charge is -2.05. The molecule has 0 aliphatic heterocycles. The molecule has 0 spiro atoms. The predicted molar refractivity (Wildman–Crippen MR) is 108 cm³/mol. The largest absolute Gasteiger partial charge is 0.374 e. The highest BCUT2D eigenvalue weighted by Gasteiger charge is 2.06. The summed E-state index contributed by atoms with van der Waals surface area (Å²) in [5.74, 6) is 11.6. The van der Waals surface area contributed by atoms with Gasteiger partial charge in [0.05, 0.1) is 11.5 Å². The van der Waals surface area contributed by atoms with Gasteiger partial charge in [0.25, 0.3) is 5.69 Å². The fourth-order valence-corrected chi connectivity index (χ4v) is 2.29. The molecule has 2 N–H and O–H groups in total. The smallest absolute Gasteiger partial charge is 0.269 e. The molecule has 0 aliphatic carbocycles. The Hall–Kier alpha value is -2.99. The number of nitro benzene ring substituents is 1. The Morgan fingerprint density at radius 3 is 2.67 bits per heavy atom. The molecule has 0 radical (unpaired) electrons. The van der Waals surface area contributed by atoms with Crippen molar-refractivity contribution in [3.8, 4) is 23.7 Å². The summed E-state index contributed by atoms with van der Waals surface area (Å²) in [6.45, 7) is 5.09. The molecule has 1 aromatic rings. The summed E-state index contributed by atoms with van der Waals surface area (Å²) in [5, 5.41) is 16.7. The van der Waals surface area contributed by atoms with Crippen molar-refractivity contribution >= 4 is 17.3 Å². The van der Waals surface area contributed by atoms with E-state index < -0.39 is 4.92 Å². The van der Waals surface area contributed by atoms with E-state index >= 15 is 0 Å². The van der Waals surface area contributed by atoms with Gasteiger partial charge in [-0.2, -0.15) is 0 Å². The lowest BCUT2D eigenvalue weighted by Crippen LogP contribution is -2.23. The van der Waals surface area contributed by atoms with Crippen LogP contribution in [0.25, 0.3) is 0 Å². The molecule has 0 aromatic heterocycles. The Labute approximate surface area is 161 Å². The molecule has 0 saturated heterocycles. The van der Waals surface area contributed by atoms with E-state index in [1.165, 1.54) is 12.1 Å². The van der Waals surface area contributed by atoms with E-state index in [9.17, 15) is 14.9 Å². The Morgan fingerprint density at radius 1 is 1.19 bits per heavy atom. The SMILES string of the molecule is CCCCNC(=O)CCCCC#CC#CCNc1ccc([N+](=O)[O-])cc1C. The maximum atomic E-state index is 11.5. The van der Waals surface area contributed by atoms with Crippen LogP contribution in [0.2, 0.25) is 0 Å². The minimum absolute atomic E-state index is 0.0773. The summed E-state index contributed by atoms with van der Waals surface area (Å²) in [6, 6.07) is 4.67. The summed E-state index contributed by atoms with van der Waals surface area (Å²) in [4.78, 5) is 21.8. The van der Waals surface area contributed by atoms with Crippen LogP contribution in [0, 0.1) is 40.7 Å². The van der Waals surface area contributed by atoms with E-state index in [-0.39, 0.29) is 11.6 Å². The average Bonchev–Trinajstić information content (AvgIpc) is 2.64. The topological polar surface area (TPSA) is 84.3 Å². The molecule has 6 nitrogen and oxygen atoms in total. The van der Waals surface area contributed by atoms with E-state index in [1.807, 2.05) is 6.92 Å². The minimum Gasteiger partial charge on any atom is -0.374 e. The molecule has 0 atom stereocenters. The van der Waals surface area contributed by atoms with Crippen molar-refractivity contribution in [3.05, 3.63) is 33.9 Å². The van der Waals surface area contributed by atoms with Gasteiger partial charge in [0.2, 0.25) is 5.91 Å². The van der Waals surface area contributed by atoms with Crippen molar-refractivity contribution in [3.63, 3.8) is 0 Å². The van der Waals surface area contributed by atoms with E-state index in [2.05, 4.69) is 41.2 Å². The lowest BCUT2D eigenvalue weighted by molar-refractivity contribution is -0.384. The third-order valence-electron chi connectivity index (χ3n) is 3.84. The Morgan fingerprint density at radius 2 is 1.96 bits per heavy atom. The number of nitrogens with one attached hydrogen (secondary N) is 2. The summed E-state index contributed by atoms with van der Waals surface area (Å²) < 4.78 is 0. The van der Waals surface area contributed by atoms with Crippen LogP contribution in [-0.4, -0.2) is 23.9 Å². The van der Waals surface area contributed by atoms with Gasteiger partial charge < -0.3 is 10.6 Å². The van der Waals surface area contributed by atoms with Crippen LogP contribution in [0.15, 0.2) is 18.2 Å². The molecule has 0 aliphatic rings. The molecule has 144 valence electrons. The zero-order chi connectivity index (χ0) is 19.9. The predicted octanol–water partition coefficient (Wildman–Crippen LogP) is 3.80. The van der Waals surface area contributed by atoms with Gasteiger partial charge in [-0.15, -0.1) is 0 Å². The van der Waals surface area contributed by atoms with Gasteiger partial charge >= 0.3 is 0 Å². The Kier molecular flexibility index (Phi) is 10.8. The number of unbranched alkanes of at least 4 members (excludes halogenated alkanes) is 3. The zero-order valence-corrected chi connectivity index (χ0v) is 16.1. The van der Waals surface area contributed by atoms with Gasteiger partial charge in [0.1, 0.15) is 0 Å². The second-order valence-electron chi connectivity index (χ2n) is 6.12. The highest BCUT2D eigenvalue weighted by Crippen LogP contribution is 2.20. The van der Waals surface area contributed by atoms with E-state index in [0.29, 0.717) is 13.0 Å². The second-order valence-corrected chi connectivity index (χ2v) is 6.12. The third-order valence-corrected chi connectivity index (χ3v) is 3.84. The third kappa shape index (κ3) is 9.91. The number of rotatable bonds is 10. The quantitative estimate of drug-likeness (QED) is 0.284. The molecular formula is C21H27N3O3. The maximum absolute atomic E-state index is 11.5. The number of nitro groups is 1. The van der Waals surface area contributed by atoms with Gasteiger partial charge in [-0.25, -0.2) is 0 Å². The Balaban J connectivity index is 2.19. The van der Waals surface area contributed by atoms with Crippen molar-refractivity contribution in [2.75, 3.05) is 18.4 Å². The second kappa shape index (κ2) is 13.2. The summed E-state index contributed by atoms with van der Waals surface area (Å²) >= 11 is 0. The van der Waals surface area contributed by atoms with E-state index in [0.717, 1.165) is 49.9 Å². The molecule has 1 rings (SSSR count). The molecule has 0 saturated carbocycles. The first-order valence-electron chi connectivity index (χ1n) is 9.26. The molecule has 0 bridgehead atoms. The number of hydrogen-bond donors (Lipinski definition) is 2. The van der Waals surface area contributed by atoms with Gasteiger partial charge in [-0.05, 0) is 49.7 Å². The lowest BCUT2D eigenvalue weighted by atomic mass is 10.2. The molecule has 6 heteroatoms. The number of hydrogen-bond acceptors (Lipinski definition) is 4. The van der Waals surface area contributed by atoms with Crippen molar-refractivity contribution < 1.29 is 9.72 Å². The van der Waals surface area contributed by atoms with Crippen LogP contribution in [0.1, 0.15) is 51.0 Å². The number of aryl methyl sites for hydroxylation is 1. The minimum atomic E-state index is -0.412. The fourth-order valence-electron chi connectivity index (χ4n) is 2.29. The van der Waals surface area contributed by atoms with Crippen LogP contribution in [0.5, 0.6) is 0 Å². The van der Waals surface area contributed by atoms with Crippen LogP contribution in [-0.2, 0) is 4.79 Å². The fraction of sp³-hybridized carbons (Fsp3) is 0.476. The molecule has 1 aromatic carbocycles. The molecule has 0 fully saturated rings. The van der Waals surface area contributed by atoms with E-state index in [4.69, 9.17) is 0 Å². The van der Waals surface area contributed by atoms with Crippen molar-refractivity contribution in [1.82, 2.24) is 5.32 Å². The number of amides is 1. The van der Waals surface area contributed by atoms with Crippen LogP contribution >= 0.6 is 0 Å². The maximum Gasteiger partial charge on any atom is 0.269 e. The van der Waals surface area contributed by atoms with Crippen molar-refractivity contribution in [1.29, 1.82) is 0 Å². The molecule has 0 heterocycles. The number of anilines is 1. The average molecular weight is 369 g/mol. The van der Waals surface area contributed by atoms with Gasteiger partial charge in [0, 0.05) is 37.2 Å². The standard InChI is InChI=1S/C21H27N3O3/c1-3-4-15-23-21(25)12-10-8-6-5-7-9-11-16-22-20-14-13-19(24(26)27)17-18(20)2/h13-14,17,22H,3-4,6,8,10,12,15-16H2,1-2H3,(H,23,25). The van der Waals surface area contributed by atoms with Gasteiger partial charge in [-0.3, -0.25) is 14.9 Å². The highest BCUT2D eigenvalue weighted by atomic mass is 16.6. The van der Waals surface area contributed by atoms with Crippen molar-refractivity contribution in [2.45, 2.75) is 52.4 Å². The molecular weight excluding hydrogens is 342 g/mol. The number of benzene rings is 1. The summed E-state index contributed by atoms with van der Waals surface area (Å²) in [5.41, 5.74) is 1.70. The van der Waals surface area contributed by atoms with Crippen molar-refractivity contribution in [2.24, 2.45) is 0 Å². The van der Waals surface area contributed by atoms with Crippen LogP contribution < -0.4 is 10.6 Å². The van der Waals surface area contributed by atoms with Gasteiger partial charge in [-0.1, -0.05) is 25.2 Å². The monoisotopic (exact) mass is 369 g/mol.